The zero-order valence-corrected chi connectivity index (χ0v) is 10.3. The highest BCUT2D eigenvalue weighted by atomic mass is 16.5. The molecular formula is C11H17N3O3. The van der Waals surface area contributed by atoms with Crippen LogP contribution >= 0.6 is 0 Å². The van der Waals surface area contributed by atoms with E-state index in [0.29, 0.717) is 24.8 Å². The number of aliphatic carboxylic acids is 1. The lowest BCUT2D eigenvalue weighted by Gasteiger charge is -2.18. The van der Waals surface area contributed by atoms with Gasteiger partial charge in [0.15, 0.2) is 0 Å². The van der Waals surface area contributed by atoms with E-state index in [-0.39, 0.29) is 5.41 Å². The van der Waals surface area contributed by atoms with Gasteiger partial charge < -0.3 is 14.5 Å². The second-order valence-electron chi connectivity index (χ2n) is 5.34. The number of nitrogens with zero attached hydrogens (tertiary/aromatic N) is 3. The van der Waals surface area contributed by atoms with Crippen LogP contribution in [0.1, 0.15) is 39.5 Å². The average Bonchev–Trinajstić information content (AvgIpc) is 2.85. The number of aromatic nitrogens is 2. The molecule has 0 bridgehead atoms. The molecule has 1 aliphatic heterocycles. The van der Waals surface area contributed by atoms with Crippen molar-refractivity contribution in [1.29, 1.82) is 0 Å². The van der Waals surface area contributed by atoms with Crippen molar-refractivity contribution in [3.05, 3.63) is 5.89 Å². The van der Waals surface area contributed by atoms with Gasteiger partial charge in [-0.1, -0.05) is 20.8 Å². The molecule has 6 nitrogen and oxygen atoms in total. The molecule has 2 rings (SSSR count). The summed E-state index contributed by atoms with van der Waals surface area (Å²) in [5, 5.41) is 13.0. The number of hydrogen-bond acceptors (Lipinski definition) is 5. The first-order chi connectivity index (χ1) is 7.89. The molecule has 1 N–H and O–H groups in total. The van der Waals surface area contributed by atoms with Crippen LogP contribution in [0.4, 0.5) is 5.95 Å². The van der Waals surface area contributed by atoms with Gasteiger partial charge >= 0.3 is 5.97 Å². The summed E-state index contributed by atoms with van der Waals surface area (Å²) in [5.41, 5.74) is -0.219. The Kier molecular flexibility index (Phi) is 2.81. The minimum atomic E-state index is -0.829. The van der Waals surface area contributed by atoms with E-state index < -0.39 is 12.0 Å². The van der Waals surface area contributed by atoms with E-state index in [1.54, 1.807) is 4.90 Å². The van der Waals surface area contributed by atoms with Gasteiger partial charge in [0.1, 0.15) is 6.04 Å². The van der Waals surface area contributed by atoms with E-state index in [1.807, 2.05) is 20.8 Å². The van der Waals surface area contributed by atoms with Crippen LogP contribution in [0.3, 0.4) is 0 Å². The minimum absolute atomic E-state index is 0.219. The monoisotopic (exact) mass is 239 g/mol. The molecule has 1 saturated heterocycles. The highest BCUT2D eigenvalue weighted by Crippen LogP contribution is 2.26. The largest absolute Gasteiger partial charge is 0.480 e. The Bertz CT molecular complexity index is 422. The molecule has 17 heavy (non-hydrogen) atoms. The van der Waals surface area contributed by atoms with Crippen molar-refractivity contribution in [1.82, 2.24) is 10.1 Å². The molecule has 1 aliphatic rings. The lowest BCUT2D eigenvalue weighted by Crippen LogP contribution is -2.36. The summed E-state index contributed by atoms with van der Waals surface area (Å²) in [6, 6.07) is -0.527. The normalized spacial score (nSPS) is 20.9. The molecule has 0 spiro atoms. The van der Waals surface area contributed by atoms with Crippen molar-refractivity contribution in [2.45, 2.75) is 45.1 Å². The molecule has 2 heterocycles. The van der Waals surface area contributed by atoms with E-state index in [9.17, 15) is 4.79 Å². The predicted molar refractivity (Wildman–Crippen MR) is 61.0 cm³/mol. The fourth-order valence-corrected chi connectivity index (χ4v) is 1.90. The maximum Gasteiger partial charge on any atom is 0.326 e. The van der Waals surface area contributed by atoms with Gasteiger partial charge in [-0.2, -0.15) is 4.98 Å². The molecule has 0 aliphatic carbocycles. The van der Waals surface area contributed by atoms with E-state index in [4.69, 9.17) is 9.63 Å². The molecular weight excluding hydrogens is 222 g/mol. The Morgan fingerprint density at radius 2 is 2.24 bits per heavy atom. The van der Waals surface area contributed by atoms with Crippen LogP contribution in [0, 0.1) is 0 Å². The maximum atomic E-state index is 11.1. The standard InChI is InChI=1S/C11H17N3O3/c1-11(2,3)9-12-10(13-17-9)14-6-4-5-7(14)8(15)16/h7H,4-6H2,1-3H3,(H,15,16). The first-order valence-electron chi connectivity index (χ1n) is 5.73. The van der Waals surface area contributed by atoms with Gasteiger partial charge in [0.25, 0.3) is 5.95 Å². The van der Waals surface area contributed by atoms with Crippen molar-refractivity contribution < 1.29 is 14.4 Å². The summed E-state index contributed by atoms with van der Waals surface area (Å²) in [5.74, 6) is 0.0907. The summed E-state index contributed by atoms with van der Waals surface area (Å²) < 4.78 is 5.17. The van der Waals surface area contributed by atoms with Gasteiger partial charge in [-0.05, 0) is 18.0 Å². The van der Waals surface area contributed by atoms with Crippen LogP contribution < -0.4 is 4.90 Å². The lowest BCUT2D eigenvalue weighted by molar-refractivity contribution is -0.138. The third-order valence-corrected chi connectivity index (χ3v) is 2.85. The molecule has 0 aromatic carbocycles. The van der Waals surface area contributed by atoms with Gasteiger partial charge in [-0.3, -0.25) is 0 Å². The summed E-state index contributed by atoms with van der Waals surface area (Å²) >= 11 is 0. The zero-order chi connectivity index (χ0) is 12.6. The highest BCUT2D eigenvalue weighted by Gasteiger charge is 2.34. The Labute approximate surface area is 99.6 Å². The molecule has 1 aromatic rings. The summed E-state index contributed by atoms with van der Waals surface area (Å²) in [4.78, 5) is 17.0. The summed E-state index contributed by atoms with van der Waals surface area (Å²) in [7, 11) is 0. The van der Waals surface area contributed by atoms with Crippen LogP contribution in [0.5, 0.6) is 0 Å². The van der Waals surface area contributed by atoms with E-state index in [0.717, 1.165) is 6.42 Å². The Morgan fingerprint density at radius 1 is 1.53 bits per heavy atom. The van der Waals surface area contributed by atoms with Crippen LogP contribution in [-0.2, 0) is 10.2 Å². The molecule has 1 atom stereocenters. The zero-order valence-electron chi connectivity index (χ0n) is 10.3. The van der Waals surface area contributed by atoms with E-state index >= 15 is 0 Å². The third kappa shape index (κ3) is 2.25. The van der Waals surface area contributed by atoms with Crippen LogP contribution in [0.15, 0.2) is 4.52 Å². The molecule has 0 amide bonds. The molecule has 1 fully saturated rings. The van der Waals surface area contributed by atoms with Gasteiger partial charge in [0, 0.05) is 12.0 Å². The number of carbonyl (C=O) groups is 1. The van der Waals surface area contributed by atoms with Crippen molar-refractivity contribution in [2.75, 3.05) is 11.4 Å². The smallest absolute Gasteiger partial charge is 0.326 e. The molecule has 0 radical (unpaired) electrons. The fourth-order valence-electron chi connectivity index (χ4n) is 1.90. The number of rotatable bonds is 2. The number of carboxylic acids is 1. The first-order valence-corrected chi connectivity index (χ1v) is 5.73. The molecule has 94 valence electrons. The van der Waals surface area contributed by atoms with Crippen molar-refractivity contribution in [3.63, 3.8) is 0 Å². The quantitative estimate of drug-likeness (QED) is 0.840. The number of anilines is 1. The van der Waals surface area contributed by atoms with Crippen molar-refractivity contribution >= 4 is 11.9 Å². The van der Waals surface area contributed by atoms with Gasteiger partial charge in [-0.25, -0.2) is 4.79 Å². The predicted octanol–water partition coefficient (Wildman–Crippen LogP) is 1.42. The second-order valence-corrected chi connectivity index (χ2v) is 5.34. The average molecular weight is 239 g/mol. The SMILES string of the molecule is CC(C)(C)c1nc(N2CCCC2C(=O)O)no1. The van der Waals surface area contributed by atoms with Gasteiger partial charge in [-0.15, -0.1) is 0 Å². The molecule has 6 heteroatoms. The maximum absolute atomic E-state index is 11.1. The third-order valence-electron chi connectivity index (χ3n) is 2.85. The highest BCUT2D eigenvalue weighted by molar-refractivity contribution is 5.77. The van der Waals surface area contributed by atoms with Crippen molar-refractivity contribution in [2.24, 2.45) is 0 Å². The number of carboxylic acid groups (broad SMARTS) is 1. The number of hydrogen-bond donors (Lipinski definition) is 1. The van der Waals surface area contributed by atoms with E-state index in [1.165, 1.54) is 0 Å². The first kappa shape index (κ1) is 11.9. The second kappa shape index (κ2) is 4.01. The Balaban J connectivity index is 2.23. The molecule has 1 aromatic heterocycles. The van der Waals surface area contributed by atoms with E-state index in [2.05, 4.69) is 10.1 Å². The summed E-state index contributed by atoms with van der Waals surface area (Å²) in [6.07, 6.45) is 1.48. The molecule has 0 saturated carbocycles. The van der Waals surface area contributed by atoms with Gasteiger partial charge in [0.05, 0.1) is 0 Å². The van der Waals surface area contributed by atoms with Crippen LogP contribution in [-0.4, -0.2) is 33.8 Å². The van der Waals surface area contributed by atoms with Crippen LogP contribution in [0.25, 0.3) is 0 Å². The minimum Gasteiger partial charge on any atom is -0.480 e. The lowest BCUT2D eigenvalue weighted by atomic mass is 9.97. The molecule has 1 unspecified atom stereocenters. The Morgan fingerprint density at radius 3 is 2.76 bits per heavy atom. The van der Waals surface area contributed by atoms with Gasteiger partial charge in [0.2, 0.25) is 5.89 Å². The topological polar surface area (TPSA) is 79.5 Å². The van der Waals surface area contributed by atoms with Crippen molar-refractivity contribution in [3.8, 4) is 0 Å². The van der Waals surface area contributed by atoms with Crippen LogP contribution in [0.2, 0.25) is 0 Å². The fraction of sp³-hybridized carbons (Fsp3) is 0.727. The summed E-state index contributed by atoms with van der Waals surface area (Å²) in [6.45, 7) is 6.59. The Hall–Kier alpha value is -1.59.